The number of amides is 1. The van der Waals surface area contributed by atoms with Gasteiger partial charge in [-0.15, -0.1) is 0 Å². The molecule has 1 amide bonds. The lowest BCUT2D eigenvalue weighted by molar-refractivity contribution is -0.137. The Balaban J connectivity index is 1.95. The second-order valence-electron chi connectivity index (χ2n) is 5.42. The first-order chi connectivity index (χ1) is 11.2. The van der Waals surface area contributed by atoms with E-state index >= 15 is 0 Å². The van der Waals surface area contributed by atoms with Crippen LogP contribution in [-0.2, 0) is 9.59 Å². The van der Waals surface area contributed by atoms with Crippen LogP contribution in [-0.4, -0.2) is 41.9 Å². The molecule has 3 N–H and O–H groups in total. The van der Waals surface area contributed by atoms with Gasteiger partial charge in [0.1, 0.15) is 6.04 Å². The van der Waals surface area contributed by atoms with Crippen LogP contribution in [0, 0.1) is 0 Å². The van der Waals surface area contributed by atoms with Crippen molar-refractivity contribution in [3.63, 3.8) is 0 Å². The Labute approximate surface area is 135 Å². The molecular weight excluding hydrogens is 294 g/mol. The molecule has 0 radical (unpaired) electrons. The summed E-state index contributed by atoms with van der Waals surface area (Å²) < 4.78 is 0. The summed E-state index contributed by atoms with van der Waals surface area (Å²) >= 11 is 0. The molecule has 0 fully saturated rings. The first-order valence-corrected chi connectivity index (χ1v) is 7.52. The number of hydrogen-bond acceptors (Lipinski definition) is 4. The summed E-state index contributed by atoms with van der Waals surface area (Å²) in [5.74, 6) is -0.884. The Hall–Kier alpha value is -2.72. The molecule has 2 rings (SSSR count). The van der Waals surface area contributed by atoms with Gasteiger partial charge in [0, 0.05) is 6.42 Å². The number of aliphatic imine (C=N–C) groups is 1. The normalized spacial score (nSPS) is 21.2. The van der Waals surface area contributed by atoms with Gasteiger partial charge in [-0.2, -0.15) is 5.32 Å². The van der Waals surface area contributed by atoms with Gasteiger partial charge in [0.2, 0.25) is 6.41 Å². The molecule has 0 saturated heterocycles. The van der Waals surface area contributed by atoms with E-state index in [0.29, 0.717) is 19.3 Å². The second kappa shape index (κ2) is 8.66. The van der Waals surface area contributed by atoms with Gasteiger partial charge in [0.25, 0.3) is 0 Å². The van der Waals surface area contributed by atoms with Crippen LogP contribution in [0.15, 0.2) is 41.4 Å². The third kappa shape index (κ3) is 5.52. The van der Waals surface area contributed by atoms with E-state index in [1.165, 1.54) is 0 Å². The van der Waals surface area contributed by atoms with Crippen molar-refractivity contribution in [1.29, 1.82) is 0 Å². The average molecular weight is 314 g/mol. The Morgan fingerprint density at radius 2 is 2.26 bits per heavy atom. The molecule has 1 aliphatic rings. The van der Waals surface area contributed by atoms with E-state index in [-0.39, 0.29) is 24.5 Å². The summed E-state index contributed by atoms with van der Waals surface area (Å²) in [6, 6.07) is 9.33. The van der Waals surface area contributed by atoms with Crippen molar-refractivity contribution in [3.05, 3.63) is 42.0 Å². The number of benzene rings is 1. The predicted molar refractivity (Wildman–Crippen MR) is 88.1 cm³/mol. The number of nitrogens with one attached hydrogen (secondary N) is 2. The van der Waals surface area contributed by atoms with Crippen LogP contribution in [0.4, 0.5) is 0 Å². The number of carboxylic acid groups (broad SMARTS) is 1. The van der Waals surface area contributed by atoms with Gasteiger partial charge in [0.15, 0.2) is 0 Å². The monoisotopic (exact) mass is 314 g/mol. The molecular formula is C17H20N3O3+. The average Bonchev–Trinajstić information content (AvgIpc) is 2.55. The Morgan fingerprint density at radius 3 is 2.96 bits per heavy atom. The van der Waals surface area contributed by atoms with Crippen LogP contribution in [0.5, 0.6) is 0 Å². The molecule has 1 aromatic carbocycles. The molecule has 0 unspecified atom stereocenters. The zero-order valence-corrected chi connectivity index (χ0v) is 12.7. The van der Waals surface area contributed by atoms with Crippen LogP contribution in [0.3, 0.4) is 0 Å². The van der Waals surface area contributed by atoms with Crippen LogP contribution >= 0.6 is 0 Å². The van der Waals surface area contributed by atoms with Gasteiger partial charge in [-0.25, -0.2) is 0 Å². The van der Waals surface area contributed by atoms with E-state index in [0.717, 1.165) is 5.56 Å². The number of aliphatic carboxylic acids is 1. The SMILES string of the molecule is O=CN[C@H](C/C=C/c1ccccc1)[C@@H]1C[C@H](CC(=O)O)N=[C+]N1. The van der Waals surface area contributed by atoms with E-state index in [2.05, 4.69) is 22.0 Å². The molecule has 1 heterocycles. The third-order valence-corrected chi connectivity index (χ3v) is 3.70. The Kier molecular flexibility index (Phi) is 6.27. The Morgan fingerprint density at radius 1 is 1.48 bits per heavy atom. The lowest BCUT2D eigenvalue weighted by Gasteiger charge is -2.24. The van der Waals surface area contributed by atoms with Crippen molar-refractivity contribution in [1.82, 2.24) is 10.6 Å². The van der Waals surface area contributed by atoms with Crippen molar-refractivity contribution < 1.29 is 14.7 Å². The summed E-state index contributed by atoms with van der Waals surface area (Å²) in [7, 11) is 0. The molecule has 0 saturated carbocycles. The van der Waals surface area contributed by atoms with E-state index < -0.39 is 5.97 Å². The number of carbonyl (C=O) groups is 2. The summed E-state index contributed by atoms with van der Waals surface area (Å²) in [4.78, 5) is 25.7. The van der Waals surface area contributed by atoms with Gasteiger partial charge >= 0.3 is 12.3 Å². The maximum absolute atomic E-state index is 10.8. The highest BCUT2D eigenvalue weighted by molar-refractivity contribution is 5.68. The maximum atomic E-state index is 10.8. The van der Waals surface area contributed by atoms with Crippen molar-refractivity contribution in [2.75, 3.05) is 0 Å². The van der Waals surface area contributed by atoms with Crippen LogP contribution < -0.4 is 10.6 Å². The number of nitrogens with zero attached hydrogens (tertiary/aromatic N) is 1. The van der Waals surface area contributed by atoms with E-state index in [9.17, 15) is 9.59 Å². The minimum absolute atomic E-state index is 0.0289. The van der Waals surface area contributed by atoms with Gasteiger partial charge in [-0.1, -0.05) is 42.5 Å². The fraction of sp³-hybridized carbons (Fsp3) is 0.353. The molecule has 0 aliphatic carbocycles. The van der Waals surface area contributed by atoms with Gasteiger partial charge in [-0.05, 0) is 17.0 Å². The Bertz CT molecular complexity index is 572. The van der Waals surface area contributed by atoms with Crippen molar-refractivity contribution in [2.24, 2.45) is 4.99 Å². The minimum Gasteiger partial charge on any atom is -0.481 e. The first kappa shape index (κ1) is 16.6. The molecule has 1 aliphatic heterocycles. The van der Waals surface area contributed by atoms with Crippen LogP contribution in [0.2, 0.25) is 0 Å². The van der Waals surface area contributed by atoms with E-state index in [4.69, 9.17) is 5.11 Å². The largest absolute Gasteiger partial charge is 0.515 e. The number of carbonyl (C=O) groups excluding carboxylic acids is 1. The maximum Gasteiger partial charge on any atom is 0.515 e. The first-order valence-electron chi connectivity index (χ1n) is 7.52. The topological polar surface area (TPSA) is 90.8 Å². The summed E-state index contributed by atoms with van der Waals surface area (Å²) in [6.07, 6.45) is 8.48. The van der Waals surface area contributed by atoms with E-state index in [1.807, 2.05) is 42.5 Å². The lowest BCUT2D eigenvalue weighted by atomic mass is 9.95. The molecule has 6 nitrogen and oxygen atoms in total. The number of carboxylic acids is 1. The van der Waals surface area contributed by atoms with Crippen LogP contribution in [0.1, 0.15) is 24.8 Å². The third-order valence-electron chi connectivity index (χ3n) is 3.70. The molecule has 6 heteroatoms. The highest BCUT2D eigenvalue weighted by Gasteiger charge is 2.33. The minimum atomic E-state index is -0.884. The van der Waals surface area contributed by atoms with Gasteiger partial charge in [0.05, 0.1) is 18.5 Å². The standard InChI is InChI=1S/C17H19N3O3/c21-12-20-15(8-4-7-13-5-2-1-3-6-13)16-9-14(10-17(22)23)18-11-19-16/h1-7,12,14-16H,8-10H2,(H2-,18,19,20,21,22,23)/p+1/b7-4+/t14-,15-,16+/m1/s1. The number of rotatable bonds is 8. The van der Waals surface area contributed by atoms with Gasteiger partial charge in [-0.3, -0.25) is 9.59 Å². The molecule has 1 aromatic rings. The van der Waals surface area contributed by atoms with Gasteiger partial charge < -0.3 is 10.4 Å². The molecule has 23 heavy (non-hydrogen) atoms. The summed E-state index contributed by atoms with van der Waals surface area (Å²) in [5, 5.41) is 14.7. The molecule has 3 atom stereocenters. The highest BCUT2D eigenvalue weighted by atomic mass is 16.4. The van der Waals surface area contributed by atoms with Crippen LogP contribution in [0.25, 0.3) is 6.08 Å². The fourth-order valence-corrected chi connectivity index (χ4v) is 2.56. The summed E-state index contributed by atoms with van der Waals surface area (Å²) in [6.45, 7) is 0. The molecule has 0 aromatic heterocycles. The highest BCUT2D eigenvalue weighted by Crippen LogP contribution is 2.15. The zero-order chi connectivity index (χ0) is 16.5. The van der Waals surface area contributed by atoms with Crippen molar-refractivity contribution >= 4 is 24.8 Å². The second-order valence-corrected chi connectivity index (χ2v) is 5.42. The predicted octanol–water partition coefficient (Wildman–Crippen LogP) is 1.31. The fourth-order valence-electron chi connectivity index (χ4n) is 2.56. The molecule has 0 bridgehead atoms. The molecule has 0 spiro atoms. The molecule has 120 valence electrons. The van der Waals surface area contributed by atoms with Crippen molar-refractivity contribution in [3.8, 4) is 0 Å². The lowest BCUT2D eigenvalue weighted by Crippen LogP contribution is -2.50. The number of hydrogen-bond donors (Lipinski definition) is 3. The quantitative estimate of drug-likeness (QED) is 0.498. The van der Waals surface area contributed by atoms with Crippen molar-refractivity contribution in [2.45, 2.75) is 37.4 Å². The summed E-state index contributed by atoms with van der Waals surface area (Å²) in [5.41, 5.74) is 1.09. The smallest absolute Gasteiger partial charge is 0.481 e. The zero-order valence-electron chi connectivity index (χ0n) is 12.7. The van der Waals surface area contributed by atoms with E-state index in [1.54, 1.807) is 0 Å².